The van der Waals surface area contributed by atoms with E-state index in [4.69, 9.17) is 0 Å². The van der Waals surface area contributed by atoms with Crippen LogP contribution in [0.5, 0.6) is 0 Å². The largest absolute Gasteiger partial charge is 0.390 e. The van der Waals surface area contributed by atoms with Gasteiger partial charge in [0.05, 0.1) is 6.10 Å². The number of aliphatic hydroxyl groups excluding tert-OH is 1. The monoisotopic (exact) mass is 420 g/mol. The summed E-state index contributed by atoms with van der Waals surface area (Å²) in [5, 5.41) is 11.4. The van der Waals surface area contributed by atoms with Crippen LogP contribution >= 0.6 is 11.8 Å². The highest BCUT2D eigenvalue weighted by Gasteiger charge is 2.72. The molecule has 0 aromatic carbocycles. The summed E-state index contributed by atoms with van der Waals surface area (Å²) in [6.45, 7) is 8.75. The number of carbonyl (C=O) groups is 1. The molecule has 3 fully saturated rings. The molecule has 29 heavy (non-hydrogen) atoms. The van der Waals surface area contributed by atoms with E-state index in [1.54, 1.807) is 12.2 Å². The molecule has 4 aliphatic rings. The van der Waals surface area contributed by atoms with Crippen molar-refractivity contribution in [2.45, 2.75) is 95.6 Å². The lowest BCUT2D eigenvalue weighted by Gasteiger charge is -2.63. The second kappa shape index (κ2) is 7.22. The summed E-state index contributed by atoms with van der Waals surface area (Å²) in [5.74, 6) is 1.19. The molecule has 0 saturated heterocycles. The molecule has 0 radical (unpaired) electrons. The SMILES string of the molecule is CCCC[C@@]1(SCC)CC[C@H]2[C@@H]3CCC4=CC(=O)C=C[C@]4(C)C3(F)[C@@H](O)C[C@@]21C. The number of allylic oxidation sites excluding steroid dienone is 4. The van der Waals surface area contributed by atoms with E-state index in [9.17, 15) is 9.90 Å². The molecule has 7 atom stereocenters. The van der Waals surface area contributed by atoms with E-state index in [0.717, 1.165) is 37.0 Å². The van der Waals surface area contributed by atoms with E-state index in [-0.39, 0.29) is 21.9 Å². The standard InChI is InChI=1S/C25H37FO2S/c1-5-7-12-24(29-6-2)14-11-19-20-9-8-17-15-18(27)10-13-22(17,3)25(20,26)21(28)16-23(19,24)4/h10,13,15,19-21,28H,5-9,11-12,14,16H2,1-4H3/t19-,20-,21-,22-,23-,24+,25?/m0/s1. The maximum absolute atomic E-state index is 17.1. The average molecular weight is 421 g/mol. The lowest BCUT2D eigenvalue weighted by Crippen LogP contribution is -2.67. The van der Waals surface area contributed by atoms with Crippen LogP contribution in [0.15, 0.2) is 23.8 Å². The molecule has 0 aromatic rings. The maximum Gasteiger partial charge on any atom is 0.178 e. The summed E-state index contributed by atoms with van der Waals surface area (Å²) in [4.78, 5) is 11.9. The molecule has 0 spiro atoms. The Morgan fingerprint density at radius 3 is 2.69 bits per heavy atom. The molecule has 1 unspecified atom stereocenters. The third kappa shape index (κ3) is 2.73. The van der Waals surface area contributed by atoms with E-state index in [1.807, 2.05) is 6.92 Å². The van der Waals surface area contributed by atoms with Gasteiger partial charge in [-0.15, -0.1) is 0 Å². The third-order valence-corrected chi connectivity index (χ3v) is 11.0. The lowest BCUT2D eigenvalue weighted by molar-refractivity contribution is -0.192. The number of thioether (sulfide) groups is 1. The smallest absolute Gasteiger partial charge is 0.178 e. The van der Waals surface area contributed by atoms with E-state index >= 15 is 4.39 Å². The highest BCUT2D eigenvalue weighted by Crippen LogP contribution is 2.72. The van der Waals surface area contributed by atoms with Gasteiger partial charge in [-0.2, -0.15) is 11.8 Å². The molecule has 162 valence electrons. The number of hydrogen-bond acceptors (Lipinski definition) is 3. The second-order valence-corrected chi connectivity index (χ2v) is 12.0. The molecule has 0 heterocycles. The minimum atomic E-state index is -1.68. The maximum atomic E-state index is 17.1. The van der Waals surface area contributed by atoms with Crippen molar-refractivity contribution in [3.05, 3.63) is 23.8 Å². The van der Waals surface area contributed by atoms with Crippen molar-refractivity contribution in [1.29, 1.82) is 0 Å². The first-order valence-electron chi connectivity index (χ1n) is 11.6. The van der Waals surface area contributed by atoms with Gasteiger partial charge in [-0.05, 0) is 74.7 Å². The predicted octanol–water partition coefficient (Wildman–Crippen LogP) is 6.04. The zero-order valence-corrected chi connectivity index (χ0v) is 19.3. The van der Waals surface area contributed by atoms with Crippen LogP contribution in [0.1, 0.15) is 79.1 Å². The molecule has 4 aliphatic carbocycles. The van der Waals surface area contributed by atoms with Crippen molar-refractivity contribution < 1.29 is 14.3 Å². The van der Waals surface area contributed by atoms with E-state index in [1.165, 1.54) is 25.3 Å². The summed E-state index contributed by atoms with van der Waals surface area (Å²) >= 11 is 2.07. The zero-order valence-electron chi connectivity index (χ0n) is 18.5. The molecule has 0 aromatic heterocycles. The average Bonchev–Trinajstić information content (AvgIpc) is 2.95. The molecule has 0 amide bonds. The van der Waals surface area contributed by atoms with E-state index in [2.05, 4.69) is 32.5 Å². The van der Waals surface area contributed by atoms with Crippen molar-refractivity contribution in [3.8, 4) is 0 Å². The topological polar surface area (TPSA) is 37.3 Å². The number of fused-ring (bicyclic) bond motifs is 5. The molecule has 0 aliphatic heterocycles. The molecule has 3 saturated carbocycles. The van der Waals surface area contributed by atoms with Gasteiger partial charge in [-0.1, -0.05) is 45.3 Å². The van der Waals surface area contributed by atoms with Crippen LogP contribution < -0.4 is 0 Å². The van der Waals surface area contributed by atoms with E-state index in [0.29, 0.717) is 12.3 Å². The zero-order chi connectivity index (χ0) is 21.1. The third-order valence-electron chi connectivity index (χ3n) is 9.29. The Kier molecular flexibility index (Phi) is 5.38. The lowest BCUT2D eigenvalue weighted by atomic mass is 9.45. The Bertz CT molecular complexity index is 747. The van der Waals surface area contributed by atoms with Crippen molar-refractivity contribution in [2.75, 3.05) is 5.75 Å². The second-order valence-electron chi connectivity index (χ2n) is 10.3. The van der Waals surface area contributed by atoms with Gasteiger partial charge in [0.2, 0.25) is 0 Å². The normalized spacial score (nSPS) is 48.7. The van der Waals surface area contributed by atoms with Crippen LogP contribution in [-0.4, -0.2) is 33.2 Å². The molecular formula is C25H37FO2S. The first kappa shape index (κ1) is 21.6. The Morgan fingerprint density at radius 2 is 2.00 bits per heavy atom. The van der Waals surface area contributed by atoms with Crippen LogP contribution in [0.4, 0.5) is 4.39 Å². The number of ketones is 1. The molecule has 2 nitrogen and oxygen atoms in total. The van der Waals surface area contributed by atoms with E-state index < -0.39 is 17.2 Å². The van der Waals surface area contributed by atoms with Crippen LogP contribution in [0.2, 0.25) is 0 Å². The molecular weight excluding hydrogens is 383 g/mol. The summed E-state index contributed by atoms with van der Waals surface area (Å²) in [5.41, 5.74) is -1.70. The predicted molar refractivity (Wildman–Crippen MR) is 119 cm³/mol. The minimum Gasteiger partial charge on any atom is -0.390 e. The van der Waals surface area contributed by atoms with Gasteiger partial charge >= 0.3 is 0 Å². The van der Waals surface area contributed by atoms with Gasteiger partial charge in [-0.25, -0.2) is 4.39 Å². The number of halogens is 1. The number of rotatable bonds is 5. The van der Waals surface area contributed by atoms with Gasteiger partial charge in [0.1, 0.15) is 0 Å². The van der Waals surface area contributed by atoms with Crippen molar-refractivity contribution in [3.63, 3.8) is 0 Å². The number of carbonyl (C=O) groups excluding carboxylic acids is 1. The highest BCUT2D eigenvalue weighted by molar-refractivity contribution is 8.00. The Morgan fingerprint density at radius 1 is 1.24 bits per heavy atom. The summed E-state index contributed by atoms with van der Waals surface area (Å²) in [7, 11) is 0. The van der Waals surface area contributed by atoms with Crippen LogP contribution in [-0.2, 0) is 4.79 Å². The van der Waals surface area contributed by atoms with Gasteiger partial charge in [-0.3, -0.25) is 4.79 Å². The molecule has 4 rings (SSSR count). The van der Waals surface area contributed by atoms with Gasteiger partial charge in [0.25, 0.3) is 0 Å². The first-order chi connectivity index (χ1) is 13.7. The molecule has 4 heteroatoms. The summed E-state index contributed by atoms with van der Waals surface area (Å²) in [6.07, 6.45) is 11.7. The van der Waals surface area contributed by atoms with Crippen LogP contribution in [0, 0.1) is 22.7 Å². The summed E-state index contributed by atoms with van der Waals surface area (Å²) in [6, 6.07) is 0. The Balaban J connectivity index is 1.76. The van der Waals surface area contributed by atoms with Crippen molar-refractivity contribution in [2.24, 2.45) is 22.7 Å². The quantitative estimate of drug-likeness (QED) is 0.589. The molecule has 0 bridgehead atoms. The molecule has 1 N–H and O–H groups in total. The van der Waals surface area contributed by atoms with Gasteiger partial charge < -0.3 is 5.11 Å². The fraction of sp³-hybridized carbons (Fsp3) is 0.800. The Hall–Kier alpha value is -0.610. The number of hydrogen-bond donors (Lipinski definition) is 1. The number of unbranched alkanes of at least 4 members (excludes halogenated alkanes) is 1. The first-order valence-corrected chi connectivity index (χ1v) is 12.6. The fourth-order valence-corrected chi connectivity index (χ4v) is 9.41. The van der Waals surface area contributed by atoms with Crippen LogP contribution in [0.3, 0.4) is 0 Å². The summed E-state index contributed by atoms with van der Waals surface area (Å²) < 4.78 is 17.2. The number of alkyl halides is 1. The number of aliphatic hydroxyl groups is 1. The Labute approximate surface area is 179 Å². The van der Waals surface area contributed by atoms with Crippen molar-refractivity contribution in [1.82, 2.24) is 0 Å². The minimum absolute atomic E-state index is 0.0334. The fourth-order valence-electron chi connectivity index (χ4n) is 7.75. The van der Waals surface area contributed by atoms with Crippen molar-refractivity contribution >= 4 is 17.5 Å². The van der Waals surface area contributed by atoms with Crippen LogP contribution in [0.25, 0.3) is 0 Å². The highest BCUT2D eigenvalue weighted by atomic mass is 32.2. The van der Waals surface area contributed by atoms with Gasteiger partial charge in [0.15, 0.2) is 11.5 Å². The van der Waals surface area contributed by atoms with Gasteiger partial charge in [0, 0.05) is 16.1 Å².